The molecule has 0 radical (unpaired) electrons. The van der Waals surface area contributed by atoms with Gasteiger partial charge >= 0.3 is 0 Å². The molecule has 0 amide bonds. The second-order valence-corrected chi connectivity index (χ2v) is 3.04. The van der Waals surface area contributed by atoms with Crippen molar-refractivity contribution in [2.24, 2.45) is 5.92 Å². The molecule has 15 heavy (non-hydrogen) atoms. The van der Waals surface area contributed by atoms with Crippen LogP contribution in [0.15, 0.2) is 22.8 Å². The van der Waals surface area contributed by atoms with E-state index in [1.807, 2.05) is 24.3 Å². The molecule has 1 atom stereocenters. The molecule has 0 bridgehead atoms. The van der Waals surface area contributed by atoms with Crippen molar-refractivity contribution >= 4 is 0 Å². The molecule has 0 fully saturated rings. The van der Waals surface area contributed by atoms with Crippen LogP contribution in [0.4, 0.5) is 0 Å². The second kappa shape index (κ2) is 4.61. The van der Waals surface area contributed by atoms with Gasteiger partial charge in [0.15, 0.2) is 0 Å². The minimum Gasteiger partial charge on any atom is -0.198 e. The van der Waals surface area contributed by atoms with Crippen LogP contribution < -0.4 is 0 Å². The van der Waals surface area contributed by atoms with Crippen LogP contribution in [0.25, 0.3) is 0 Å². The Morgan fingerprint density at radius 2 is 1.93 bits per heavy atom. The fourth-order valence-electron chi connectivity index (χ4n) is 1.45. The topological polar surface area (TPSA) is 95.2 Å². The highest BCUT2D eigenvalue weighted by atomic mass is 14.3. The summed E-state index contributed by atoms with van der Waals surface area (Å²) in [4.78, 5) is 0. The Bertz CT molecular complexity index is 497. The highest BCUT2D eigenvalue weighted by Gasteiger charge is 2.21. The lowest BCUT2D eigenvalue weighted by Gasteiger charge is -2.14. The van der Waals surface area contributed by atoms with Crippen LogP contribution in [0, 0.1) is 51.2 Å². The molecule has 1 unspecified atom stereocenters. The minimum absolute atomic E-state index is 0.0421. The standard InChI is InChI=1S/C11H6N4/c12-2-1-11-9(6-14)3-8(5-13)4-10(11)7-15/h3,8H,1,4H2. The average molecular weight is 194 g/mol. The molecule has 1 aliphatic carbocycles. The molecule has 0 aromatic rings. The maximum absolute atomic E-state index is 8.85. The third-order valence-electron chi connectivity index (χ3n) is 2.16. The van der Waals surface area contributed by atoms with Crippen molar-refractivity contribution in [2.45, 2.75) is 12.8 Å². The number of hydrogen-bond donors (Lipinski definition) is 0. The van der Waals surface area contributed by atoms with Gasteiger partial charge in [-0.1, -0.05) is 0 Å². The Labute approximate surface area is 87.6 Å². The zero-order valence-corrected chi connectivity index (χ0v) is 7.86. The van der Waals surface area contributed by atoms with Gasteiger partial charge in [0.1, 0.15) is 0 Å². The van der Waals surface area contributed by atoms with Crippen LogP contribution in [-0.2, 0) is 0 Å². The molecule has 0 heterocycles. The van der Waals surface area contributed by atoms with E-state index in [0.29, 0.717) is 17.6 Å². The first kappa shape index (κ1) is 10.5. The first-order chi connectivity index (χ1) is 7.26. The van der Waals surface area contributed by atoms with E-state index in [-0.39, 0.29) is 12.0 Å². The van der Waals surface area contributed by atoms with Crippen LogP contribution in [0.1, 0.15) is 12.8 Å². The van der Waals surface area contributed by atoms with Gasteiger partial charge in [-0.3, -0.25) is 0 Å². The van der Waals surface area contributed by atoms with Gasteiger partial charge in [0.2, 0.25) is 0 Å². The lowest BCUT2D eigenvalue weighted by Crippen LogP contribution is -2.07. The molecule has 0 aromatic heterocycles. The Balaban J connectivity index is 3.22. The summed E-state index contributed by atoms with van der Waals surface area (Å²) in [5.41, 5.74) is 1.13. The SMILES string of the molecule is N#CCC1=C(C#N)CC(C#N)C=C1C#N. The lowest BCUT2D eigenvalue weighted by molar-refractivity contribution is 0.793. The van der Waals surface area contributed by atoms with E-state index < -0.39 is 5.92 Å². The monoisotopic (exact) mass is 194 g/mol. The number of nitriles is 4. The average Bonchev–Trinajstić information content (AvgIpc) is 2.29. The van der Waals surface area contributed by atoms with E-state index in [1.165, 1.54) is 6.08 Å². The molecule has 70 valence electrons. The van der Waals surface area contributed by atoms with Gasteiger partial charge in [0, 0.05) is 12.0 Å². The first-order valence-electron chi connectivity index (χ1n) is 4.27. The van der Waals surface area contributed by atoms with Crippen molar-refractivity contribution < 1.29 is 0 Å². The maximum atomic E-state index is 8.85. The minimum atomic E-state index is -0.434. The molecule has 4 nitrogen and oxygen atoms in total. The van der Waals surface area contributed by atoms with E-state index in [1.54, 1.807) is 0 Å². The predicted molar refractivity (Wildman–Crippen MR) is 50.3 cm³/mol. The maximum Gasteiger partial charge on any atom is 0.0992 e. The predicted octanol–water partition coefficient (Wildman–Crippen LogP) is 1.71. The Morgan fingerprint density at radius 3 is 2.40 bits per heavy atom. The van der Waals surface area contributed by atoms with Crippen molar-refractivity contribution in [3.05, 3.63) is 22.8 Å². The van der Waals surface area contributed by atoms with Gasteiger partial charge < -0.3 is 0 Å². The smallest absolute Gasteiger partial charge is 0.0992 e. The zero-order valence-electron chi connectivity index (χ0n) is 7.86. The molecule has 0 aliphatic heterocycles. The summed E-state index contributed by atoms with van der Waals surface area (Å²) < 4.78 is 0. The summed E-state index contributed by atoms with van der Waals surface area (Å²) in [6.07, 6.45) is 1.86. The normalized spacial score (nSPS) is 19.2. The molecule has 0 N–H and O–H groups in total. The third-order valence-corrected chi connectivity index (χ3v) is 2.16. The molecule has 0 spiro atoms. The van der Waals surface area contributed by atoms with Crippen molar-refractivity contribution in [2.75, 3.05) is 0 Å². The van der Waals surface area contributed by atoms with Crippen molar-refractivity contribution in [1.82, 2.24) is 0 Å². The molecule has 0 aromatic carbocycles. The summed E-state index contributed by atoms with van der Waals surface area (Å²) in [7, 11) is 0. The van der Waals surface area contributed by atoms with Crippen LogP contribution in [0.2, 0.25) is 0 Å². The zero-order chi connectivity index (χ0) is 11.3. The number of rotatable bonds is 1. The quantitative estimate of drug-likeness (QED) is 0.634. The fraction of sp³-hybridized carbons (Fsp3) is 0.273. The molecule has 0 saturated heterocycles. The van der Waals surface area contributed by atoms with Gasteiger partial charge in [0.25, 0.3) is 0 Å². The summed E-state index contributed by atoms with van der Waals surface area (Å²) in [5, 5.41) is 35.0. The molecule has 1 rings (SSSR count). The highest BCUT2D eigenvalue weighted by Crippen LogP contribution is 2.29. The molecular weight excluding hydrogens is 188 g/mol. The molecular formula is C11H6N4. The van der Waals surface area contributed by atoms with E-state index in [0.717, 1.165) is 0 Å². The van der Waals surface area contributed by atoms with Gasteiger partial charge in [-0.25, -0.2) is 0 Å². The number of allylic oxidation sites excluding steroid dienone is 4. The van der Waals surface area contributed by atoms with Crippen molar-refractivity contribution in [3.8, 4) is 24.3 Å². The molecule has 0 saturated carbocycles. The lowest BCUT2D eigenvalue weighted by atomic mass is 9.85. The van der Waals surface area contributed by atoms with Gasteiger partial charge in [-0.05, 0) is 11.6 Å². The largest absolute Gasteiger partial charge is 0.198 e. The Morgan fingerprint density at radius 1 is 1.20 bits per heavy atom. The Hall–Kier alpha value is -2.56. The fourth-order valence-corrected chi connectivity index (χ4v) is 1.45. The van der Waals surface area contributed by atoms with Crippen LogP contribution in [-0.4, -0.2) is 0 Å². The van der Waals surface area contributed by atoms with E-state index in [2.05, 4.69) is 0 Å². The van der Waals surface area contributed by atoms with E-state index >= 15 is 0 Å². The molecule has 1 aliphatic rings. The van der Waals surface area contributed by atoms with Crippen molar-refractivity contribution in [1.29, 1.82) is 21.0 Å². The number of nitrogens with zero attached hydrogens (tertiary/aromatic N) is 4. The van der Waals surface area contributed by atoms with E-state index in [9.17, 15) is 0 Å². The van der Waals surface area contributed by atoms with Crippen LogP contribution >= 0.6 is 0 Å². The van der Waals surface area contributed by atoms with Crippen LogP contribution in [0.3, 0.4) is 0 Å². The third kappa shape index (κ3) is 2.02. The summed E-state index contributed by atoms with van der Waals surface area (Å²) in [5.74, 6) is -0.434. The van der Waals surface area contributed by atoms with Gasteiger partial charge in [-0.15, -0.1) is 0 Å². The second-order valence-electron chi connectivity index (χ2n) is 3.04. The molecule has 4 heteroatoms. The highest BCUT2D eigenvalue weighted by molar-refractivity contribution is 5.53. The Kier molecular flexibility index (Phi) is 3.24. The first-order valence-corrected chi connectivity index (χ1v) is 4.27. The van der Waals surface area contributed by atoms with Crippen LogP contribution in [0.5, 0.6) is 0 Å². The summed E-state index contributed by atoms with van der Waals surface area (Å²) >= 11 is 0. The van der Waals surface area contributed by atoms with Crippen molar-refractivity contribution in [3.63, 3.8) is 0 Å². The number of hydrogen-bond acceptors (Lipinski definition) is 4. The van der Waals surface area contributed by atoms with Gasteiger partial charge in [0.05, 0.1) is 42.2 Å². The van der Waals surface area contributed by atoms with Gasteiger partial charge in [-0.2, -0.15) is 21.0 Å². The summed E-state index contributed by atoms with van der Waals surface area (Å²) in [6, 6.07) is 7.78. The van der Waals surface area contributed by atoms with E-state index in [4.69, 9.17) is 21.0 Å². The summed E-state index contributed by atoms with van der Waals surface area (Å²) in [6.45, 7) is 0.